The zero-order chi connectivity index (χ0) is 72.3. The van der Waals surface area contributed by atoms with E-state index in [1.54, 1.807) is 19.3 Å². The Kier molecular flexibility index (Phi) is 43.7. The molecule has 590 valence electrons. The van der Waals surface area contributed by atoms with Gasteiger partial charge >= 0.3 is 0 Å². The highest BCUT2D eigenvalue weighted by Gasteiger charge is 2.53. The molecular weight excluding hydrogens is 1270 g/mol. The Bertz CT molecular complexity index is 2380. The zero-order valence-electron chi connectivity index (χ0n) is 68.3. The molecule has 0 heterocycles. The van der Waals surface area contributed by atoms with Crippen LogP contribution in [0.3, 0.4) is 0 Å². The molecule has 0 aromatic heterocycles. The van der Waals surface area contributed by atoms with Gasteiger partial charge in [0.15, 0.2) is 0 Å². The maximum absolute atomic E-state index is 5.62. The maximum Gasteiger partial charge on any atom is 0.0534 e. The molecule has 0 saturated heterocycles. The number of hydrogen-bond acceptors (Lipinski definition) is 8. The lowest BCUT2D eigenvalue weighted by atomic mass is 9.68. The van der Waals surface area contributed by atoms with E-state index < -0.39 is 0 Å². The first-order chi connectivity index (χ1) is 50.8. The minimum Gasteiger partial charge on any atom is -0.381 e. The fourth-order valence-electron chi connectivity index (χ4n) is 21.8. The van der Waals surface area contributed by atoms with Crippen LogP contribution in [0.2, 0.25) is 0 Å². The number of benzene rings is 2. The van der Waals surface area contributed by atoms with Crippen LogP contribution in [0.15, 0.2) is 60.7 Å². The fraction of sp³-hybridized carbons (Fsp3) is 0.853. The average molecular weight is 1430 g/mol. The monoisotopic (exact) mass is 1430 g/mol. The van der Waals surface area contributed by atoms with E-state index in [2.05, 4.69) is 116 Å². The minimum atomic E-state index is 0.649. The van der Waals surface area contributed by atoms with Crippen LogP contribution in [0, 0.1) is 101 Å². The van der Waals surface area contributed by atoms with Crippen molar-refractivity contribution < 1.29 is 37.9 Å². The predicted octanol–water partition coefficient (Wildman–Crippen LogP) is 24.5. The summed E-state index contributed by atoms with van der Waals surface area (Å²) in [6.07, 6.45) is 61.0. The van der Waals surface area contributed by atoms with Gasteiger partial charge in [-0.25, -0.2) is 0 Å². The van der Waals surface area contributed by atoms with E-state index >= 15 is 0 Å². The molecule has 6 bridgehead atoms. The van der Waals surface area contributed by atoms with Crippen LogP contribution in [0.25, 0.3) is 0 Å². The van der Waals surface area contributed by atoms with E-state index in [0.29, 0.717) is 5.92 Å². The van der Waals surface area contributed by atoms with Crippen molar-refractivity contribution in [2.24, 2.45) is 101 Å². The largest absolute Gasteiger partial charge is 0.381 e. The number of rotatable bonds is 25. The van der Waals surface area contributed by atoms with E-state index in [-0.39, 0.29) is 0 Å². The van der Waals surface area contributed by atoms with Gasteiger partial charge in [-0.1, -0.05) is 176 Å². The van der Waals surface area contributed by atoms with E-state index in [4.69, 9.17) is 37.9 Å². The highest BCUT2D eigenvalue weighted by Crippen LogP contribution is 2.61. The lowest BCUT2D eigenvalue weighted by Gasteiger charge is -2.39. The number of fused-ring (bicyclic) bond motifs is 5. The first-order valence-electron chi connectivity index (χ1n) is 45.2. The molecule has 0 aliphatic heterocycles. The van der Waals surface area contributed by atoms with E-state index in [1.807, 2.05) is 0 Å². The number of aryl methyl sites for hydroxylation is 1. The molecule has 0 N–H and O–H groups in total. The molecule has 16 rings (SSSR count). The molecule has 12 unspecified atom stereocenters. The van der Waals surface area contributed by atoms with Crippen molar-refractivity contribution in [2.75, 3.05) is 106 Å². The molecule has 0 spiro atoms. The van der Waals surface area contributed by atoms with Crippen molar-refractivity contribution in [3.63, 3.8) is 0 Å². The second-order valence-electron chi connectivity index (χ2n) is 34.7. The van der Waals surface area contributed by atoms with Crippen LogP contribution >= 0.6 is 0 Å². The van der Waals surface area contributed by atoms with Crippen LogP contribution in [0.4, 0.5) is 0 Å². The smallest absolute Gasteiger partial charge is 0.0534 e. The van der Waals surface area contributed by atoms with Gasteiger partial charge in [0.2, 0.25) is 0 Å². The molecule has 2 aromatic rings. The van der Waals surface area contributed by atoms with Gasteiger partial charge in [-0.15, -0.1) is 0 Å². The summed E-state index contributed by atoms with van der Waals surface area (Å²) >= 11 is 0. The summed E-state index contributed by atoms with van der Waals surface area (Å²) < 4.78 is 44.0. The van der Waals surface area contributed by atoms with Gasteiger partial charge < -0.3 is 37.9 Å². The standard InChI is InChI=1S/C15H28O.C13H24O.C12H20O.2C12H16O.C11H22O.C10H16O.C10H20O/c1-2-16-12-13-8-10-15(11-9-13)14-6-4-3-5-7-14;1-2-14-10-11-7-8-12-5-3-4-6-13(12)9-11;1-2-13-7-12-10-4-8-3-9(6-10)11(12)5-8;1-2-13-9-10-7-11-5-3-4-6-12(11)8-10;1-2-13-9-11-8-7-10-5-3-4-6-12(10)11;1-2-12-10-11-8-6-4-3-5-7-9-11;1-2-11-7-10-6-8-3-4-9(10)5-8;1-2-11-9-10-7-5-3-4-6-8-10/h13-15H,2-12H2,1H3;11-13H,2-10H2,1H3;8-12H,2-7H2,1H3;3-6,10H,2,7-9H2,1H3;3-6,11H,2,7-9H2,1H3;11H,2-10H2,1H3;3-4,8-10H,2,5-7H2,1H3;10H,2-9H2,1H3. The van der Waals surface area contributed by atoms with Crippen LogP contribution < -0.4 is 0 Å². The predicted molar refractivity (Wildman–Crippen MR) is 433 cm³/mol. The van der Waals surface area contributed by atoms with E-state index in [9.17, 15) is 0 Å². The topological polar surface area (TPSA) is 73.8 Å². The molecule has 12 atom stereocenters. The molecule has 11 saturated carbocycles. The Morgan fingerprint density at radius 2 is 0.709 bits per heavy atom. The summed E-state index contributed by atoms with van der Waals surface area (Å²) in [4.78, 5) is 0. The van der Waals surface area contributed by atoms with Crippen LogP contribution in [-0.4, -0.2) is 106 Å². The van der Waals surface area contributed by atoms with Crippen molar-refractivity contribution in [1.82, 2.24) is 0 Å². The highest BCUT2D eigenvalue weighted by atomic mass is 16.5. The van der Waals surface area contributed by atoms with Crippen LogP contribution in [-0.2, 0) is 57.2 Å². The van der Waals surface area contributed by atoms with Crippen molar-refractivity contribution in [3.05, 3.63) is 82.9 Å². The molecule has 103 heavy (non-hydrogen) atoms. The van der Waals surface area contributed by atoms with Gasteiger partial charge in [-0.3, -0.25) is 0 Å². The number of allylic oxidation sites excluding steroid dienone is 2. The summed E-state index contributed by atoms with van der Waals surface area (Å²) in [5.41, 5.74) is 6.07. The van der Waals surface area contributed by atoms with E-state index in [0.717, 1.165) is 206 Å². The lowest BCUT2D eigenvalue weighted by molar-refractivity contribution is 0.0528. The highest BCUT2D eigenvalue weighted by molar-refractivity contribution is 5.35. The van der Waals surface area contributed by atoms with Crippen LogP contribution in [0.1, 0.15) is 315 Å². The molecule has 14 aliphatic rings. The molecule has 2 aromatic carbocycles. The Morgan fingerprint density at radius 1 is 0.291 bits per heavy atom. The van der Waals surface area contributed by atoms with Crippen molar-refractivity contribution >= 4 is 0 Å². The summed E-state index contributed by atoms with van der Waals surface area (Å²) in [6.45, 7) is 31.6. The number of hydrogen-bond donors (Lipinski definition) is 0. The average Bonchev–Trinajstić information content (AvgIpc) is 1.60. The normalized spacial score (nSPS) is 30.5. The Morgan fingerprint density at radius 3 is 1.24 bits per heavy atom. The molecule has 11 fully saturated rings. The van der Waals surface area contributed by atoms with Gasteiger partial charge in [0.1, 0.15) is 0 Å². The second kappa shape index (κ2) is 52.1. The third-order valence-corrected chi connectivity index (χ3v) is 27.5. The second-order valence-corrected chi connectivity index (χ2v) is 34.7. The van der Waals surface area contributed by atoms with Crippen molar-refractivity contribution in [2.45, 2.75) is 312 Å². The molecule has 8 heteroatoms. The molecule has 8 nitrogen and oxygen atoms in total. The lowest BCUT2D eigenvalue weighted by Crippen LogP contribution is -2.29. The first-order valence-corrected chi connectivity index (χ1v) is 45.2. The Balaban J connectivity index is 0.000000150. The quantitative estimate of drug-likeness (QED) is 0.0719. The first kappa shape index (κ1) is 86.5. The third kappa shape index (κ3) is 31.3. The van der Waals surface area contributed by atoms with E-state index in [1.165, 1.54) is 253 Å². The SMILES string of the molecule is CCOCC1C2CC3CC(C2)C1C3.CCOCC1CC2C=CC1C2.CCOCC1CCC(C2CCCCC2)CC1.CCOCC1CCC2CCCCC2C1.CCOCC1CCCCCC1.CCOCC1CCCCCCC1.CCOCC1CCc2ccccc21.CCOCC1Cc2ccccc2C1. The number of ether oxygens (including phenoxy) is 8. The van der Waals surface area contributed by atoms with Crippen molar-refractivity contribution in [1.29, 1.82) is 0 Å². The van der Waals surface area contributed by atoms with Gasteiger partial charge in [0, 0.05) is 105 Å². The molecular formula is C95H162O8. The van der Waals surface area contributed by atoms with Gasteiger partial charge in [-0.2, -0.15) is 0 Å². The summed E-state index contributed by atoms with van der Waals surface area (Å²) in [5.74, 6) is 17.0. The molecule has 14 aliphatic carbocycles. The third-order valence-electron chi connectivity index (χ3n) is 27.5. The fourth-order valence-corrected chi connectivity index (χ4v) is 21.8. The minimum absolute atomic E-state index is 0.649. The molecule has 0 radical (unpaired) electrons. The Labute approximate surface area is 635 Å². The zero-order valence-corrected chi connectivity index (χ0v) is 68.3. The summed E-state index contributed by atoms with van der Waals surface area (Å²) in [5, 5.41) is 0. The van der Waals surface area contributed by atoms with Gasteiger partial charge in [0.05, 0.1) is 6.61 Å². The van der Waals surface area contributed by atoms with Gasteiger partial charge in [-0.05, 0) is 313 Å². The summed E-state index contributed by atoms with van der Waals surface area (Å²) in [6, 6.07) is 17.5. The summed E-state index contributed by atoms with van der Waals surface area (Å²) in [7, 11) is 0. The molecule has 0 amide bonds. The van der Waals surface area contributed by atoms with Crippen molar-refractivity contribution in [3.8, 4) is 0 Å². The van der Waals surface area contributed by atoms with Gasteiger partial charge in [0.25, 0.3) is 0 Å². The Hall–Kier alpha value is -2.14. The van der Waals surface area contributed by atoms with Crippen LogP contribution in [0.5, 0.6) is 0 Å². The maximum atomic E-state index is 5.62.